The van der Waals surface area contributed by atoms with Crippen molar-refractivity contribution in [3.05, 3.63) is 29.6 Å². The smallest absolute Gasteiger partial charge is 0.338 e. The molecule has 6 nitrogen and oxygen atoms in total. The summed E-state index contributed by atoms with van der Waals surface area (Å²) in [7, 11) is 0. The molecule has 1 aliphatic rings. The van der Waals surface area contributed by atoms with Gasteiger partial charge in [-0.1, -0.05) is 6.42 Å². The van der Waals surface area contributed by atoms with Crippen LogP contribution in [0.1, 0.15) is 40.1 Å². The van der Waals surface area contributed by atoms with Gasteiger partial charge in [0.2, 0.25) is 0 Å². The summed E-state index contributed by atoms with van der Waals surface area (Å²) < 4.78 is 0. The molecule has 0 atom stereocenters. The van der Waals surface area contributed by atoms with E-state index in [0.717, 1.165) is 19.6 Å². The van der Waals surface area contributed by atoms with Crippen molar-refractivity contribution in [2.45, 2.75) is 19.3 Å². The highest BCUT2D eigenvalue weighted by atomic mass is 16.4. The summed E-state index contributed by atoms with van der Waals surface area (Å²) in [6.07, 6.45) is 5.11. The molecule has 1 amide bonds. The van der Waals surface area contributed by atoms with Crippen molar-refractivity contribution in [2.24, 2.45) is 0 Å². The Hall–Kier alpha value is -1.95. The number of hydrogen-bond donors (Lipinski definition) is 2. The number of pyridine rings is 1. The lowest BCUT2D eigenvalue weighted by molar-refractivity contribution is 0.0690. The van der Waals surface area contributed by atoms with Gasteiger partial charge in [-0.25, -0.2) is 4.79 Å². The summed E-state index contributed by atoms with van der Waals surface area (Å²) in [4.78, 5) is 29.1. The van der Waals surface area contributed by atoms with Crippen LogP contribution in [0, 0.1) is 0 Å². The number of rotatable bonds is 5. The van der Waals surface area contributed by atoms with Crippen LogP contribution in [-0.2, 0) is 0 Å². The van der Waals surface area contributed by atoms with E-state index in [-0.39, 0.29) is 11.3 Å². The van der Waals surface area contributed by atoms with Crippen molar-refractivity contribution >= 4 is 11.9 Å². The van der Waals surface area contributed by atoms with Crippen molar-refractivity contribution < 1.29 is 14.7 Å². The molecule has 1 aromatic rings. The minimum atomic E-state index is -1.14. The number of likely N-dealkylation sites (tertiary alicyclic amines) is 1. The third-order valence-corrected chi connectivity index (χ3v) is 3.42. The van der Waals surface area contributed by atoms with Gasteiger partial charge in [0, 0.05) is 19.3 Å². The van der Waals surface area contributed by atoms with E-state index in [2.05, 4.69) is 15.2 Å². The fourth-order valence-corrected chi connectivity index (χ4v) is 2.35. The highest BCUT2D eigenvalue weighted by Gasteiger charge is 2.17. The summed E-state index contributed by atoms with van der Waals surface area (Å²) in [5.41, 5.74) is -0.0957. The minimum Gasteiger partial charge on any atom is -0.478 e. The van der Waals surface area contributed by atoms with E-state index < -0.39 is 11.9 Å². The first-order valence-electron chi connectivity index (χ1n) is 6.87. The molecule has 0 unspecified atom stereocenters. The topological polar surface area (TPSA) is 82.5 Å². The molecule has 2 rings (SSSR count). The summed E-state index contributed by atoms with van der Waals surface area (Å²) in [6.45, 7) is 3.44. The number of amides is 1. The van der Waals surface area contributed by atoms with Crippen LogP contribution in [0.2, 0.25) is 0 Å². The maximum Gasteiger partial charge on any atom is 0.338 e. The van der Waals surface area contributed by atoms with Crippen molar-refractivity contribution in [3.8, 4) is 0 Å². The zero-order valence-corrected chi connectivity index (χ0v) is 11.3. The first-order chi connectivity index (χ1) is 9.68. The highest BCUT2D eigenvalue weighted by Crippen LogP contribution is 2.08. The van der Waals surface area contributed by atoms with Crippen LogP contribution in [0.5, 0.6) is 0 Å². The van der Waals surface area contributed by atoms with Gasteiger partial charge < -0.3 is 15.3 Å². The van der Waals surface area contributed by atoms with Gasteiger partial charge >= 0.3 is 5.97 Å². The number of aromatic carboxylic acids is 1. The van der Waals surface area contributed by atoms with Gasteiger partial charge in [0.25, 0.3) is 5.91 Å². The highest BCUT2D eigenvalue weighted by molar-refractivity contribution is 6.03. The van der Waals surface area contributed by atoms with E-state index in [4.69, 9.17) is 5.11 Å². The van der Waals surface area contributed by atoms with Crippen molar-refractivity contribution in [3.63, 3.8) is 0 Å². The molecule has 1 aromatic heterocycles. The standard InChI is InChI=1S/C14H19N3O3/c18-13(12-11(14(19)20)5-4-6-15-12)16-7-10-17-8-2-1-3-9-17/h4-6H,1-3,7-10H2,(H,16,18)(H,19,20). The maximum atomic E-state index is 12.0. The molecular weight excluding hydrogens is 258 g/mol. The van der Waals surface area contributed by atoms with Gasteiger partial charge in [0.15, 0.2) is 0 Å². The number of hydrogen-bond acceptors (Lipinski definition) is 4. The molecule has 1 saturated heterocycles. The molecule has 0 radical (unpaired) electrons. The number of carbonyl (C=O) groups is 2. The molecule has 0 saturated carbocycles. The van der Waals surface area contributed by atoms with Gasteiger partial charge in [-0.15, -0.1) is 0 Å². The van der Waals surface area contributed by atoms with Gasteiger partial charge in [-0.3, -0.25) is 9.78 Å². The summed E-state index contributed by atoms with van der Waals surface area (Å²) >= 11 is 0. The van der Waals surface area contributed by atoms with Crippen LogP contribution in [0.3, 0.4) is 0 Å². The predicted octanol–water partition coefficient (Wildman–Crippen LogP) is 0.995. The normalized spacial score (nSPS) is 15.8. The number of nitrogens with zero attached hydrogens (tertiary/aromatic N) is 2. The molecule has 1 fully saturated rings. The number of carbonyl (C=O) groups excluding carboxylic acids is 1. The molecule has 0 bridgehead atoms. The Morgan fingerprint density at radius 3 is 2.75 bits per heavy atom. The SMILES string of the molecule is O=C(O)c1cccnc1C(=O)NCCN1CCCCC1. The Labute approximate surface area is 117 Å². The molecule has 6 heteroatoms. The van der Waals surface area contributed by atoms with Gasteiger partial charge in [-0.2, -0.15) is 0 Å². The lowest BCUT2D eigenvalue weighted by Crippen LogP contribution is -2.38. The van der Waals surface area contributed by atoms with Crippen LogP contribution < -0.4 is 5.32 Å². The van der Waals surface area contributed by atoms with Crippen LogP contribution in [0.25, 0.3) is 0 Å². The van der Waals surface area contributed by atoms with Crippen molar-refractivity contribution in [1.82, 2.24) is 15.2 Å². The zero-order valence-electron chi connectivity index (χ0n) is 11.3. The number of carboxylic acid groups (broad SMARTS) is 1. The molecule has 20 heavy (non-hydrogen) atoms. The zero-order chi connectivity index (χ0) is 14.4. The molecule has 0 aliphatic carbocycles. The average Bonchev–Trinajstić information content (AvgIpc) is 2.48. The van der Waals surface area contributed by atoms with Crippen molar-refractivity contribution in [1.29, 1.82) is 0 Å². The first-order valence-corrected chi connectivity index (χ1v) is 6.87. The van der Waals surface area contributed by atoms with Crippen LogP contribution in [-0.4, -0.2) is 53.0 Å². The van der Waals surface area contributed by atoms with Crippen molar-refractivity contribution in [2.75, 3.05) is 26.2 Å². The summed E-state index contributed by atoms with van der Waals surface area (Å²) in [5, 5.41) is 11.8. The van der Waals surface area contributed by atoms with E-state index in [1.54, 1.807) is 0 Å². The van der Waals surface area contributed by atoms with E-state index in [9.17, 15) is 9.59 Å². The Kier molecular flexibility index (Phi) is 5.06. The number of nitrogens with one attached hydrogen (secondary N) is 1. The quantitative estimate of drug-likeness (QED) is 0.839. The number of carboxylic acids is 1. The molecule has 2 heterocycles. The molecule has 2 N–H and O–H groups in total. The second-order valence-electron chi connectivity index (χ2n) is 4.86. The Morgan fingerprint density at radius 2 is 2.05 bits per heavy atom. The summed E-state index contributed by atoms with van der Waals surface area (Å²) in [6, 6.07) is 2.89. The number of aromatic nitrogens is 1. The molecule has 108 valence electrons. The van der Waals surface area contributed by atoms with Crippen LogP contribution in [0.15, 0.2) is 18.3 Å². The number of piperidine rings is 1. The van der Waals surface area contributed by atoms with Gasteiger partial charge in [0.05, 0.1) is 5.56 Å². The van der Waals surface area contributed by atoms with E-state index >= 15 is 0 Å². The largest absolute Gasteiger partial charge is 0.478 e. The Bertz CT molecular complexity index is 484. The molecule has 1 aliphatic heterocycles. The lowest BCUT2D eigenvalue weighted by Gasteiger charge is -2.26. The van der Waals surface area contributed by atoms with Crippen LogP contribution >= 0.6 is 0 Å². The third kappa shape index (κ3) is 3.77. The summed E-state index contributed by atoms with van der Waals surface area (Å²) in [5.74, 6) is -1.57. The Balaban J connectivity index is 1.87. The van der Waals surface area contributed by atoms with E-state index in [0.29, 0.717) is 6.54 Å². The third-order valence-electron chi connectivity index (χ3n) is 3.42. The fraction of sp³-hybridized carbons (Fsp3) is 0.500. The van der Waals surface area contributed by atoms with Crippen LogP contribution in [0.4, 0.5) is 0 Å². The molecule has 0 aromatic carbocycles. The van der Waals surface area contributed by atoms with Gasteiger partial charge in [0.1, 0.15) is 5.69 Å². The minimum absolute atomic E-state index is 0.0290. The maximum absolute atomic E-state index is 12.0. The van der Waals surface area contributed by atoms with Gasteiger partial charge in [-0.05, 0) is 38.1 Å². The average molecular weight is 277 g/mol. The second-order valence-corrected chi connectivity index (χ2v) is 4.86. The van der Waals surface area contributed by atoms with E-state index in [1.165, 1.54) is 37.6 Å². The molecular formula is C14H19N3O3. The Morgan fingerprint density at radius 1 is 1.30 bits per heavy atom. The first kappa shape index (κ1) is 14.5. The predicted molar refractivity (Wildman–Crippen MR) is 73.8 cm³/mol. The molecule has 0 spiro atoms. The van der Waals surface area contributed by atoms with E-state index in [1.807, 2.05) is 0 Å². The fourth-order valence-electron chi connectivity index (χ4n) is 2.35. The monoisotopic (exact) mass is 277 g/mol. The second kappa shape index (κ2) is 7.00. The lowest BCUT2D eigenvalue weighted by atomic mass is 10.1.